The molecule has 1 saturated heterocycles. The lowest BCUT2D eigenvalue weighted by Gasteiger charge is -2.23. The van der Waals surface area contributed by atoms with Crippen LogP contribution in [-0.2, 0) is 12.8 Å². The van der Waals surface area contributed by atoms with Gasteiger partial charge in [0.2, 0.25) is 0 Å². The third kappa shape index (κ3) is 3.20. The fourth-order valence-corrected chi connectivity index (χ4v) is 4.30. The Kier molecular flexibility index (Phi) is 4.90. The molecule has 0 bridgehead atoms. The molecule has 1 unspecified atom stereocenters. The number of methoxy groups -OCH3 is 2. The molecular weight excluding hydrogens is 326 g/mol. The van der Waals surface area contributed by atoms with Gasteiger partial charge in [-0.3, -0.25) is 4.98 Å². The maximum absolute atomic E-state index is 5.55. The number of aryl methyl sites for hydroxylation is 1. The number of pyridine rings is 1. The molecule has 0 spiro atoms. The minimum Gasteiger partial charge on any atom is -0.493 e. The molecule has 2 atom stereocenters. The van der Waals surface area contributed by atoms with E-state index >= 15 is 0 Å². The third-order valence-corrected chi connectivity index (χ3v) is 5.77. The second kappa shape index (κ2) is 7.31. The Labute approximate surface area is 155 Å². The largest absolute Gasteiger partial charge is 0.493 e. The summed E-state index contributed by atoms with van der Waals surface area (Å²) < 4.78 is 11.0. The highest BCUT2D eigenvalue weighted by Gasteiger charge is 2.24. The van der Waals surface area contributed by atoms with Crippen LogP contribution in [0, 0.1) is 0 Å². The quantitative estimate of drug-likeness (QED) is 0.876. The molecule has 1 fully saturated rings. The summed E-state index contributed by atoms with van der Waals surface area (Å²) in [6, 6.07) is 5.13. The normalized spacial score (nSPS) is 22.7. The van der Waals surface area contributed by atoms with Crippen LogP contribution in [0.3, 0.4) is 0 Å². The van der Waals surface area contributed by atoms with Gasteiger partial charge in [0.1, 0.15) is 0 Å². The highest BCUT2D eigenvalue weighted by atomic mass is 16.5. The molecule has 5 heteroatoms. The van der Waals surface area contributed by atoms with Crippen LogP contribution in [0.15, 0.2) is 12.1 Å². The van der Waals surface area contributed by atoms with Crippen LogP contribution in [0.2, 0.25) is 0 Å². The molecule has 140 valence electrons. The van der Waals surface area contributed by atoms with E-state index in [1.54, 1.807) is 14.2 Å². The molecule has 1 aromatic heterocycles. The molecule has 2 aromatic rings. The van der Waals surface area contributed by atoms with E-state index in [4.69, 9.17) is 14.5 Å². The molecule has 1 aliphatic heterocycles. The number of anilines is 1. The zero-order valence-electron chi connectivity index (χ0n) is 16.0. The van der Waals surface area contributed by atoms with Gasteiger partial charge in [0.25, 0.3) is 0 Å². The molecule has 0 amide bonds. The van der Waals surface area contributed by atoms with Crippen molar-refractivity contribution < 1.29 is 9.47 Å². The van der Waals surface area contributed by atoms with E-state index in [1.165, 1.54) is 42.6 Å². The van der Waals surface area contributed by atoms with Crippen molar-refractivity contribution in [3.63, 3.8) is 0 Å². The summed E-state index contributed by atoms with van der Waals surface area (Å²) in [6.45, 7) is 3.28. The average Bonchev–Trinajstić information content (AvgIpc) is 3.03. The standard InChI is InChI=1S/C21H29N3O2/c1-13-6-4-7-14(12-22-13)23-21-15-8-5-9-17(15)24-18-11-20(26-3)19(25-2)10-16(18)21/h10-11,13-14,22H,4-9,12H2,1-3H3,(H,23,24)/t13?,14-/m1/s1. The van der Waals surface area contributed by atoms with E-state index < -0.39 is 0 Å². The van der Waals surface area contributed by atoms with Gasteiger partial charge >= 0.3 is 0 Å². The van der Waals surface area contributed by atoms with Crippen molar-refractivity contribution in [1.29, 1.82) is 0 Å². The number of nitrogens with one attached hydrogen (secondary N) is 2. The molecule has 5 nitrogen and oxygen atoms in total. The summed E-state index contributed by atoms with van der Waals surface area (Å²) in [4.78, 5) is 4.93. The molecule has 1 aromatic carbocycles. The first kappa shape index (κ1) is 17.4. The first-order valence-electron chi connectivity index (χ1n) is 9.77. The topological polar surface area (TPSA) is 55.4 Å². The second-order valence-corrected chi connectivity index (χ2v) is 7.57. The predicted octanol–water partition coefficient (Wildman–Crippen LogP) is 3.68. The van der Waals surface area contributed by atoms with Crippen LogP contribution in [0.4, 0.5) is 5.69 Å². The summed E-state index contributed by atoms with van der Waals surface area (Å²) >= 11 is 0. The van der Waals surface area contributed by atoms with Gasteiger partial charge < -0.3 is 20.1 Å². The first-order chi connectivity index (χ1) is 12.7. The molecule has 2 aliphatic rings. The Hall–Kier alpha value is -2.01. The smallest absolute Gasteiger partial charge is 0.162 e. The van der Waals surface area contributed by atoms with E-state index in [9.17, 15) is 0 Å². The van der Waals surface area contributed by atoms with Crippen molar-refractivity contribution in [2.75, 3.05) is 26.1 Å². The van der Waals surface area contributed by atoms with Crippen molar-refractivity contribution in [2.24, 2.45) is 0 Å². The first-order valence-corrected chi connectivity index (χ1v) is 9.77. The van der Waals surface area contributed by atoms with Crippen molar-refractivity contribution in [1.82, 2.24) is 10.3 Å². The number of ether oxygens (including phenoxy) is 2. The van der Waals surface area contributed by atoms with Gasteiger partial charge in [-0.05, 0) is 57.1 Å². The number of benzene rings is 1. The van der Waals surface area contributed by atoms with Gasteiger partial charge in [-0.1, -0.05) is 0 Å². The van der Waals surface area contributed by atoms with Gasteiger partial charge in [-0.25, -0.2) is 0 Å². The lowest BCUT2D eigenvalue weighted by Crippen LogP contribution is -2.34. The fraction of sp³-hybridized carbons (Fsp3) is 0.571. The Morgan fingerprint density at radius 2 is 1.88 bits per heavy atom. The molecule has 2 N–H and O–H groups in total. The Bertz CT molecular complexity index is 806. The number of aromatic nitrogens is 1. The van der Waals surface area contributed by atoms with Crippen LogP contribution in [-0.4, -0.2) is 37.8 Å². The minimum absolute atomic E-state index is 0.448. The molecule has 1 aliphatic carbocycles. The van der Waals surface area contributed by atoms with Gasteiger partial charge in [0.15, 0.2) is 11.5 Å². The zero-order valence-corrected chi connectivity index (χ0v) is 16.0. The van der Waals surface area contributed by atoms with Gasteiger partial charge in [0.05, 0.1) is 19.7 Å². The summed E-state index contributed by atoms with van der Waals surface area (Å²) in [5.74, 6) is 1.50. The summed E-state index contributed by atoms with van der Waals surface area (Å²) in [5.41, 5.74) is 4.87. The average molecular weight is 355 g/mol. The lowest BCUT2D eigenvalue weighted by atomic mass is 10.0. The minimum atomic E-state index is 0.448. The van der Waals surface area contributed by atoms with Crippen molar-refractivity contribution in [2.45, 2.75) is 57.5 Å². The van der Waals surface area contributed by atoms with Crippen LogP contribution >= 0.6 is 0 Å². The summed E-state index contributed by atoms with van der Waals surface area (Å²) in [5, 5.41) is 8.66. The van der Waals surface area contributed by atoms with Crippen molar-refractivity contribution in [3.8, 4) is 11.5 Å². The van der Waals surface area contributed by atoms with Crippen molar-refractivity contribution in [3.05, 3.63) is 23.4 Å². The maximum atomic E-state index is 5.55. The van der Waals surface area contributed by atoms with Crippen LogP contribution < -0.4 is 20.1 Å². The van der Waals surface area contributed by atoms with E-state index in [0.717, 1.165) is 41.8 Å². The zero-order chi connectivity index (χ0) is 18.1. The third-order valence-electron chi connectivity index (χ3n) is 5.77. The number of hydrogen-bond donors (Lipinski definition) is 2. The number of fused-ring (bicyclic) bond motifs is 2. The van der Waals surface area contributed by atoms with E-state index in [2.05, 4.69) is 23.6 Å². The Morgan fingerprint density at radius 3 is 2.69 bits per heavy atom. The van der Waals surface area contributed by atoms with Crippen LogP contribution in [0.25, 0.3) is 10.9 Å². The number of nitrogens with zero attached hydrogens (tertiary/aromatic N) is 1. The molecule has 0 radical (unpaired) electrons. The molecule has 0 saturated carbocycles. The van der Waals surface area contributed by atoms with E-state index in [0.29, 0.717) is 12.1 Å². The monoisotopic (exact) mass is 355 g/mol. The van der Waals surface area contributed by atoms with E-state index in [-0.39, 0.29) is 0 Å². The van der Waals surface area contributed by atoms with Crippen LogP contribution in [0.1, 0.15) is 43.9 Å². The molecule has 4 rings (SSSR count). The highest BCUT2D eigenvalue weighted by molar-refractivity contribution is 5.96. The summed E-state index contributed by atoms with van der Waals surface area (Å²) in [6.07, 6.45) is 7.05. The number of hydrogen-bond acceptors (Lipinski definition) is 5. The molecule has 2 heterocycles. The van der Waals surface area contributed by atoms with E-state index in [1.807, 2.05) is 6.07 Å². The summed E-state index contributed by atoms with van der Waals surface area (Å²) in [7, 11) is 3.36. The lowest BCUT2D eigenvalue weighted by molar-refractivity contribution is 0.356. The highest BCUT2D eigenvalue weighted by Crippen LogP contribution is 2.40. The second-order valence-electron chi connectivity index (χ2n) is 7.57. The number of rotatable bonds is 4. The maximum Gasteiger partial charge on any atom is 0.162 e. The Balaban J connectivity index is 1.78. The predicted molar refractivity (Wildman–Crippen MR) is 106 cm³/mol. The molecular formula is C21H29N3O2. The van der Waals surface area contributed by atoms with Crippen LogP contribution in [0.5, 0.6) is 11.5 Å². The molecule has 26 heavy (non-hydrogen) atoms. The van der Waals surface area contributed by atoms with Gasteiger partial charge in [-0.2, -0.15) is 0 Å². The fourth-order valence-electron chi connectivity index (χ4n) is 4.30. The van der Waals surface area contributed by atoms with Crippen molar-refractivity contribution >= 4 is 16.6 Å². The van der Waals surface area contributed by atoms with Gasteiger partial charge in [0, 0.05) is 41.5 Å². The SMILES string of the molecule is COc1cc2nc3c(c(N[C@@H]4CCCC(C)NC4)c2cc1OC)CCC3. The van der Waals surface area contributed by atoms with Gasteiger partial charge in [-0.15, -0.1) is 0 Å². The Morgan fingerprint density at radius 1 is 1.08 bits per heavy atom.